The van der Waals surface area contributed by atoms with Gasteiger partial charge in [0.1, 0.15) is 0 Å². The molecule has 3 heteroatoms. The number of aryl methyl sites for hydroxylation is 1. The van der Waals surface area contributed by atoms with E-state index in [0.717, 1.165) is 24.1 Å². The summed E-state index contributed by atoms with van der Waals surface area (Å²) in [4.78, 5) is 12.0. The van der Waals surface area contributed by atoms with Gasteiger partial charge in [0.05, 0.1) is 6.54 Å². The molecule has 0 unspecified atom stereocenters. The fraction of sp³-hybridized carbons (Fsp3) is 0.471. The lowest BCUT2D eigenvalue weighted by Gasteiger charge is -2.06. The molecule has 0 aliphatic rings. The third-order valence-electron chi connectivity index (χ3n) is 3.13. The Kier molecular flexibility index (Phi) is 7.46. The van der Waals surface area contributed by atoms with Gasteiger partial charge in [0.2, 0.25) is 0 Å². The van der Waals surface area contributed by atoms with Gasteiger partial charge in [-0.05, 0) is 37.1 Å². The van der Waals surface area contributed by atoms with Crippen molar-refractivity contribution in [3.63, 3.8) is 0 Å². The summed E-state index contributed by atoms with van der Waals surface area (Å²) in [6, 6.07) is 5.57. The SMILES string of the molecule is CCCCCCNC(=O)c1ccc(C#CCN)c(C)c1. The van der Waals surface area contributed by atoms with E-state index < -0.39 is 0 Å². The summed E-state index contributed by atoms with van der Waals surface area (Å²) < 4.78 is 0. The first-order valence-corrected chi connectivity index (χ1v) is 7.26. The van der Waals surface area contributed by atoms with Crippen molar-refractivity contribution in [3.05, 3.63) is 34.9 Å². The van der Waals surface area contributed by atoms with E-state index in [2.05, 4.69) is 24.1 Å². The Balaban J connectivity index is 2.54. The zero-order valence-corrected chi connectivity index (χ0v) is 12.5. The van der Waals surface area contributed by atoms with Gasteiger partial charge in [0.25, 0.3) is 5.91 Å². The summed E-state index contributed by atoms with van der Waals surface area (Å²) >= 11 is 0. The van der Waals surface area contributed by atoms with Crippen LogP contribution in [0.15, 0.2) is 18.2 Å². The monoisotopic (exact) mass is 272 g/mol. The number of nitrogens with two attached hydrogens (primary N) is 1. The molecule has 108 valence electrons. The quantitative estimate of drug-likeness (QED) is 0.618. The van der Waals surface area contributed by atoms with E-state index in [0.29, 0.717) is 12.1 Å². The van der Waals surface area contributed by atoms with E-state index in [-0.39, 0.29) is 5.91 Å². The molecule has 0 bridgehead atoms. The molecule has 1 amide bonds. The molecule has 0 fully saturated rings. The third kappa shape index (κ3) is 5.46. The molecule has 0 radical (unpaired) electrons. The van der Waals surface area contributed by atoms with Crippen molar-refractivity contribution in [1.29, 1.82) is 0 Å². The number of rotatable bonds is 6. The summed E-state index contributed by atoms with van der Waals surface area (Å²) in [7, 11) is 0. The van der Waals surface area contributed by atoms with Gasteiger partial charge < -0.3 is 11.1 Å². The molecule has 0 aliphatic carbocycles. The van der Waals surface area contributed by atoms with Crippen molar-refractivity contribution in [2.75, 3.05) is 13.1 Å². The first kappa shape index (κ1) is 16.3. The topological polar surface area (TPSA) is 55.1 Å². The number of amides is 1. The molecule has 3 nitrogen and oxygen atoms in total. The van der Waals surface area contributed by atoms with E-state index >= 15 is 0 Å². The Hall–Kier alpha value is -1.79. The average molecular weight is 272 g/mol. The number of carbonyl (C=O) groups excluding carboxylic acids is 1. The van der Waals surface area contributed by atoms with Crippen LogP contribution in [0, 0.1) is 18.8 Å². The summed E-state index contributed by atoms with van der Waals surface area (Å²) in [6.07, 6.45) is 4.64. The Bertz CT molecular complexity index is 497. The minimum absolute atomic E-state index is 0.0112. The standard InChI is InChI=1S/C17H24N2O/c1-3-4-5-6-12-19-17(20)16-10-9-15(8-7-11-18)14(2)13-16/h9-10,13H,3-6,11-12,18H2,1-2H3,(H,19,20). The first-order chi connectivity index (χ1) is 9.69. The molecule has 0 heterocycles. The molecule has 20 heavy (non-hydrogen) atoms. The number of carbonyl (C=O) groups is 1. The highest BCUT2D eigenvalue weighted by molar-refractivity contribution is 5.94. The van der Waals surface area contributed by atoms with Crippen LogP contribution in [0.3, 0.4) is 0 Å². The maximum absolute atomic E-state index is 12.0. The largest absolute Gasteiger partial charge is 0.352 e. The van der Waals surface area contributed by atoms with Crippen LogP contribution in [0.25, 0.3) is 0 Å². The van der Waals surface area contributed by atoms with Crippen molar-refractivity contribution in [2.45, 2.75) is 39.5 Å². The molecule has 0 aliphatic heterocycles. The lowest BCUT2D eigenvalue weighted by atomic mass is 10.0. The highest BCUT2D eigenvalue weighted by Gasteiger charge is 2.06. The molecule has 0 aromatic heterocycles. The van der Waals surface area contributed by atoms with Crippen LogP contribution in [0.4, 0.5) is 0 Å². The maximum atomic E-state index is 12.0. The van der Waals surface area contributed by atoms with E-state index in [9.17, 15) is 4.79 Å². The average Bonchev–Trinajstić information content (AvgIpc) is 2.45. The van der Waals surface area contributed by atoms with Crippen LogP contribution in [0.2, 0.25) is 0 Å². The van der Waals surface area contributed by atoms with Gasteiger partial charge in [-0.2, -0.15) is 0 Å². The van der Waals surface area contributed by atoms with Crippen molar-refractivity contribution in [3.8, 4) is 11.8 Å². The van der Waals surface area contributed by atoms with Gasteiger partial charge in [0.15, 0.2) is 0 Å². The third-order valence-corrected chi connectivity index (χ3v) is 3.13. The van der Waals surface area contributed by atoms with E-state index in [1.54, 1.807) is 0 Å². The fourth-order valence-electron chi connectivity index (χ4n) is 1.95. The summed E-state index contributed by atoms with van der Waals surface area (Å²) in [5, 5.41) is 2.95. The second kappa shape index (κ2) is 9.17. The predicted molar refractivity (Wildman–Crippen MR) is 83.6 cm³/mol. The van der Waals surface area contributed by atoms with Crippen LogP contribution < -0.4 is 11.1 Å². The molecular formula is C17H24N2O. The molecule has 3 N–H and O–H groups in total. The Labute approximate surface area is 121 Å². The van der Waals surface area contributed by atoms with Crippen molar-refractivity contribution in [1.82, 2.24) is 5.32 Å². The zero-order chi connectivity index (χ0) is 14.8. The minimum Gasteiger partial charge on any atom is -0.352 e. The van der Waals surface area contributed by atoms with Gasteiger partial charge in [-0.15, -0.1) is 0 Å². The molecule has 1 rings (SSSR count). The number of benzene rings is 1. The van der Waals surface area contributed by atoms with Crippen molar-refractivity contribution < 1.29 is 4.79 Å². The minimum atomic E-state index is -0.0112. The highest BCUT2D eigenvalue weighted by atomic mass is 16.1. The smallest absolute Gasteiger partial charge is 0.251 e. The normalized spacial score (nSPS) is 9.75. The lowest BCUT2D eigenvalue weighted by molar-refractivity contribution is 0.0953. The molecule has 0 spiro atoms. The molecule has 1 aromatic rings. The van der Waals surface area contributed by atoms with E-state index in [1.807, 2.05) is 25.1 Å². The highest BCUT2D eigenvalue weighted by Crippen LogP contribution is 2.10. The van der Waals surface area contributed by atoms with Gasteiger partial charge in [-0.3, -0.25) is 4.79 Å². The molecular weight excluding hydrogens is 248 g/mol. The van der Waals surface area contributed by atoms with Gasteiger partial charge in [-0.1, -0.05) is 38.0 Å². The number of unbranched alkanes of at least 4 members (excludes halogenated alkanes) is 3. The van der Waals surface area contributed by atoms with Crippen LogP contribution >= 0.6 is 0 Å². The van der Waals surface area contributed by atoms with Crippen LogP contribution in [0.5, 0.6) is 0 Å². The number of nitrogens with one attached hydrogen (secondary N) is 1. The fourth-order valence-corrected chi connectivity index (χ4v) is 1.95. The summed E-state index contributed by atoms with van der Waals surface area (Å²) in [6.45, 7) is 5.22. The second-order valence-corrected chi connectivity index (χ2v) is 4.85. The van der Waals surface area contributed by atoms with Gasteiger partial charge in [0, 0.05) is 17.7 Å². The van der Waals surface area contributed by atoms with Crippen molar-refractivity contribution >= 4 is 5.91 Å². The van der Waals surface area contributed by atoms with Crippen molar-refractivity contribution in [2.24, 2.45) is 5.73 Å². The summed E-state index contributed by atoms with van der Waals surface area (Å²) in [5.74, 6) is 5.81. The van der Waals surface area contributed by atoms with E-state index in [4.69, 9.17) is 5.73 Å². The van der Waals surface area contributed by atoms with Gasteiger partial charge >= 0.3 is 0 Å². The first-order valence-electron chi connectivity index (χ1n) is 7.26. The molecule has 0 saturated carbocycles. The molecule has 0 saturated heterocycles. The van der Waals surface area contributed by atoms with Crippen LogP contribution in [-0.2, 0) is 0 Å². The Morgan fingerprint density at radius 1 is 1.30 bits per heavy atom. The van der Waals surface area contributed by atoms with Crippen LogP contribution in [-0.4, -0.2) is 19.0 Å². The molecule has 1 aromatic carbocycles. The van der Waals surface area contributed by atoms with E-state index in [1.165, 1.54) is 19.3 Å². The second-order valence-electron chi connectivity index (χ2n) is 4.85. The predicted octanol–water partition coefficient (Wildman–Crippen LogP) is 2.62. The molecule has 0 atom stereocenters. The Morgan fingerprint density at radius 2 is 2.10 bits per heavy atom. The number of hydrogen-bond acceptors (Lipinski definition) is 2. The maximum Gasteiger partial charge on any atom is 0.251 e. The van der Waals surface area contributed by atoms with Gasteiger partial charge in [-0.25, -0.2) is 0 Å². The zero-order valence-electron chi connectivity index (χ0n) is 12.5. The lowest BCUT2D eigenvalue weighted by Crippen LogP contribution is -2.24. The summed E-state index contributed by atoms with van der Waals surface area (Å²) in [5.41, 5.74) is 7.98. The Morgan fingerprint density at radius 3 is 2.75 bits per heavy atom. The number of hydrogen-bond donors (Lipinski definition) is 2. The van der Waals surface area contributed by atoms with Crippen LogP contribution in [0.1, 0.15) is 54.1 Å².